The molecular weight excluding hydrogens is 348 g/mol. The number of carbonyl (C=O) groups is 2. The zero-order chi connectivity index (χ0) is 19.4. The molecule has 1 saturated heterocycles. The third-order valence-corrected chi connectivity index (χ3v) is 4.70. The number of benzene rings is 1. The van der Waals surface area contributed by atoms with Crippen LogP contribution < -0.4 is 10.1 Å². The van der Waals surface area contributed by atoms with E-state index in [1.807, 2.05) is 19.2 Å². The van der Waals surface area contributed by atoms with Gasteiger partial charge in [0.1, 0.15) is 17.6 Å². The lowest BCUT2D eigenvalue weighted by molar-refractivity contribution is -0.148. The average Bonchev–Trinajstić information content (AvgIpc) is 3.11. The van der Waals surface area contributed by atoms with Crippen LogP contribution in [0.5, 0.6) is 5.75 Å². The molecule has 0 radical (unpaired) electrons. The van der Waals surface area contributed by atoms with E-state index in [0.717, 1.165) is 5.56 Å². The monoisotopic (exact) mass is 372 g/mol. The van der Waals surface area contributed by atoms with E-state index in [2.05, 4.69) is 10.3 Å². The Morgan fingerprint density at radius 3 is 2.89 bits per heavy atom. The lowest BCUT2D eigenvalue weighted by atomic mass is 10.1. The second-order valence-electron chi connectivity index (χ2n) is 6.63. The second kappa shape index (κ2) is 8.22. The normalized spacial score (nSPS) is 18.0. The number of aromatic nitrogens is 2. The fourth-order valence-corrected chi connectivity index (χ4v) is 3.25. The van der Waals surface area contributed by atoms with Gasteiger partial charge in [-0.2, -0.15) is 0 Å². The van der Waals surface area contributed by atoms with Gasteiger partial charge < -0.3 is 24.6 Å². The molecule has 8 heteroatoms. The Hall–Kier alpha value is -2.87. The predicted molar refractivity (Wildman–Crippen MR) is 98.0 cm³/mol. The first-order valence-corrected chi connectivity index (χ1v) is 8.88. The Kier molecular flexibility index (Phi) is 5.75. The standard InChI is InChI=1S/C19H24N4O4/c1-22-10-8-20-17(22)16(13-5-3-7-15(11-13)27-2)21-18(25)19(26)23-9-4-6-14(24)12-23/h3,5,7-8,10-11,14,16,24H,4,6,9,12H2,1-2H3,(H,21,25)/t14-,16+/m1/s1. The summed E-state index contributed by atoms with van der Waals surface area (Å²) in [4.78, 5) is 30.9. The number of imidazole rings is 1. The van der Waals surface area contributed by atoms with Crippen LogP contribution in [0.2, 0.25) is 0 Å². The number of amides is 2. The number of hydrogen-bond acceptors (Lipinski definition) is 5. The molecule has 2 atom stereocenters. The Bertz CT molecular complexity index is 820. The van der Waals surface area contributed by atoms with Crippen molar-refractivity contribution < 1.29 is 19.4 Å². The van der Waals surface area contributed by atoms with Gasteiger partial charge in [0, 0.05) is 32.5 Å². The number of aliphatic hydroxyl groups is 1. The molecule has 144 valence electrons. The maximum Gasteiger partial charge on any atom is 0.311 e. The van der Waals surface area contributed by atoms with Crippen LogP contribution in [-0.4, -0.2) is 57.7 Å². The maximum absolute atomic E-state index is 12.6. The molecule has 1 aliphatic heterocycles. The van der Waals surface area contributed by atoms with Crippen molar-refractivity contribution >= 4 is 11.8 Å². The highest BCUT2D eigenvalue weighted by atomic mass is 16.5. The SMILES string of the molecule is COc1cccc([C@H](NC(=O)C(=O)N2CCC[C@@H](O)C2)c2nccn2C)c1. The van der Waals surface area contributed by atoms with E-state index in [0.29, 0.717) is 31.0 Å². The van der Waals surface area contributed by atoms with E-state index in [4.69, 9.17) is 4.74 Å². The molecule has 0 aliphatic carbocycles. The minimum atomic E-state index is -0.722. The van der Waals surface area contributed by atoms with E-state index < -0.39 is 24.0 Å². The van der Waals surface area contributed by atoms with Crippen molar-refractivity contribution in [2.45, 2.75) is 25.0 Å². The minimum Gasteiger partial charge on any atom is -0.497 e. The van der Waals surface area contributed by atoms with Gasteiger partial charge in [-0.3, -0.25) is 9.59 Å². The highest BCUT2D eigenvalue weighted by Gasteiger charge is 2.30. The number of nitrogens with one attached hydrogen (secondary N) is 1. The lowest BCUT2D eigenvalue weighted by Gasteiger charge is -2.30. The maximum atomic E-state index is 12.6. The molecule has 2 heterocycles. The van der Waals surface area contributed by atoms with Gasteiger partial charge in [0.25, 0.3) is 0 Å². The average molecular weight is 372 g/mol. The number of hydrogen-bond donors (Lipinski definition) is 2. The fourth-order valence-electron chi connectivity index (χ4n) is 3.25. The number of nitrogens with zero attached hydrogens (tertiary/aromatic N) is 3. The third kappa shape index (κ3) is 4.28. The smallest absolute Gasteiger partial charge is 0.311 e. The summed E-state index contributed by atoms with van der Waals surface area (Å²) in [6.07, 6.45) is 4.15. The van der Waals surface area contributed by atoms with Crippen LogP contribution in [0.25, 0.3) is 0 Å². The molecule has 3 rings (SSSR count). The molecule has 27 heavy (non-hydrogen) atoms. The summed E-state index contributed by atoms with van der Waals surface area (Å²) in [5.74, 6) is -0.120. The zero-order valence-corrected chi connectivity index (χ0v) is 15.5. The molecule has 0 bridgehead atoms. The van der Waals surface area contributed by atoms with Crippen LogP contribution in [0.1, 0.15) is 30.3 Å². The summed E-state index contributed by atoms with van der Waals surface area (Å²) in [6.45, 7) is 0.647. The molecule has 0 saturated carbocycles. The van der Waals surface area contributed by atoms with Crippen molar-refractivity contribution in [3.05, 3.63) is 48.0 Å². The van der Waals surface area contributed by atoms with Crippen LogP contribution in [0.3, 0.4) is 0 Å². The van der Waals surface area contributed by atoms with Gasteiger partial charge in [-0.25, -0.2) is 4.98 Å². The summed E-state index contributed by atoms with van der Waals surface area (Å²) < 4.78 is 7.06. The molecule has 1 aliphatic rings. The zero-order valence-electron chi connectivity index (χ0n) is 15.5. The van der Waals surface area contributed by atoms with Crippen molar-refractivity contribution in [1.82, 2.24) is 19.8 Å². The number of aryl methyl sites for hydroxylation is 1. The lowest BCUT2D eigenvalue weighted by Crippen LogP contribution is -2.49. The summed E-state index contributed by atoms with van der Waals surface area (Å²) in [6, 6.07) is 6.66. The van der Waals surface area contributed by atoms with Crippen molar-refractivity contribution in [3.63, 3.8) is 0 Å². The molecule has 2 N–H and O–H groups in total. The van der Waals surface area contributed by atoms with Gasteiger partial charge in [0.05, 0.1) is 13.2 Å². The Labute approximate surface area is 157 Å². The van der Waals surface area contributed by atoms with Crippen LogP contribution in [0.15, 0.2) is 36.7 Å². The molecule has 0 unspecified atom stereocenters. The number of likely N-dealkylation sites (tertiary alicyclic amines) is 1. The first-order chi connectivity index (χ1) is 13.0. The highest BCUT2D eigenvalue weighted by molar-refractivity contribution is 6.35. The summed E-state index contributed by atoms with van der Waals surface area (Å²) in [5, 5.41) is 12.6. The Morgan fingerprint density at radius 2 is 2.22 bits per heavy atom. The van der Waals surface area contributed by atoms with Crippen molar-refractivity contribution in [2.75, 3.05) is 20.2 Å². The molecule has 8 nitrogen and oxygen atoms in total. The second-order valence-corrected chi connectivity index (χ2v) is 6.63. The molecule has 0 spiro atoms. The number of aliphatic hydroxyl groups excluding tert-OH is 1. The largest absolute Gasteiger partial charge is 0.497 e. The molecule has 1 aromatic carbocycles. The molecular formula is C19H24N4O4. The topological polar surface area (TPSA) is 96.7 Å². The van der Waals surface area contributed by atoms with Gasteiger partial charge in [0.2, 0.25) is 0 Å². The number of rotatable bonds is 4. The van der Waals surface area contributed by atoms with E-state index in [1.54, 1.807) is 36.2 Å². The summed E-state index contributed by atoms with van der Waals surface area (Å²) >= 11 is 0. The highest BCUT2D eigenvalue weighted by Crippen LogP contribution is 2.24. The molecule has 1 fully saturated rings. The predicted octanol–water partition coefficient (Wildman–Crippen LogP) is 0.618. The van der Waals surface area contributed by atoms with Gasteiger partial charge in [0.15, 0.2) is 0 Å². The summed E-state index contributed by atoms with van der Waals surface area (Å²) in [5.41, 5.74) is 0.753. The quantitative estimate of drug-likeness (QED) is 0.767. The van der Waals surface area contributed by atoms with Crippen molar-refractivity contribution in [1.29, 1.82) is 0 Å². The number of ether oxygens (including phenoxy) is 1. The molecule has 1 aromatic heterocycles. The Balaban J connectivity index is 1.84. The number of methoxy groups -OCH3 is 1. The van der Waals surface area contributed by atoms with Crippen LogP contribution in [-0.2, 0) is 16.6 Å². The van der Waals surface area contributed by atoms with Gasteiger partial charge in [-0.05, 0) is 30.5 Å². The van der Waals surface area contributed by atoms with Crippen LogP contribution in [0, 0.1) is 0 Å². The molecule has 2 amide bonds. The van der Waals surface area contributed by atoms with Crippen LogP contribution in [0.4, 0.5) is 0 Å². The van der Waals surface area contributed by atoms with Crippen molar-refractivity contribution in [3.8, 4) is 5.75 Å². The first kappa shape index (κ1) is 18.9. The fraction of sp³-hybridized carbons (Fsp3) is 0.421. The van der Waals surface area contributed by atoms with E-state index in [1.165, 1.54) is 4.90 Å². The Morgan fingerprint density at radius 1 is 1.41 bits per heavy atom. The van der Waals surface area contributed by atoms with Gasteiger partial charge in [-0.15, -0.1) is 0 Å². The van der Waals surface area contributed by atoms with E-state index in [-0.39, 0.29) is 6.54 Å². The van der Waals surface area contributed by atoms with E-state index >= 15 is 0 Å². The number of β-amino-alcohol motifs (C(OH)–C–C–N with tert-alkyl or cyclic N) is 1. The first-order valence-electron chi connectivity index (χ1n) is 8.88. The number of piperidine rings is 1. The van der Waals surface area contributed by atoms with Crippen LogP contribution >= 0.6 is 0 Å². The number of carbonyl (C=O) groups excluding carboxylic acids is 2. The van der Waals surface area contributed by atoms with Crippen molar-refractivity contribution in [2.24, 2.45) is 7.05 Å². The molecule has 2 aromatic rings. The van der Waals surface area contributed by atoms with Gasteiger partial charge >= 0.3 is 11.8 Å². The van der Waals surface area contributed by atoms with E-state index in [9.17, 15) is 14.7 Å². The summed E-state index contributed by atoms with van der Waals surface area (Å²) in [7, 11) is 3.39. The third-order valence-electron chi connectivity index (χ3n) is 4.70. The minimum absolute atomic E-state index is 0.179. The van der Waals surface area contributed by atoms with Gasteiger partial charge in [-0.1, -0.05) is 12.1 Å².